The van der Waals surface area contributed by atoms with E-state index in [2.05, 4.69) is 22.1 Å². The lowest BCUT2D eigenvalue weighted by molar-refractivity contribution is -0.0120. The average molecular weight is 515 g/mol. The van der Waals surface area contributed by atoms with Crippen molar-refractivity contribution in [1.29, 1.82) is 0 Å². The quantitative estimate of drug-likeness (QED) is 0.380. The molecule has 0 unspecified atom stereocenters. The van der Waals surface area contributed by atoms with Gasteiger partial charge in [-0.15, -0.1) is 0 Å². The Morgan fingerprint density at radius 1 is 1.17 bits per heavy atom. The highest BCUT2D eigenvalue weighted by molar-refractivity contribution is 6.32. The number of aliphatic hydroxyl groups excluding tert-OH is 2. The Kier molecular flexibility index (Phi) is 8.43. The Hall–Kier alpha value is -2.76. The van der Waals surface area contributed by atoms with Crippen molar-refractivity contribution in [3.63, 3.8) is 0 Å². The highest BCUT2D eigenvalue weighted by Gasteiger charge is 2.39. The molecule has 0 saturated carbocycles. The third kappa shape index (κ3) is 5.79. The lowest BCUT2D eigenvalue weighted by atomic mass is 9.69. The fraction of sp³-hybridized carbons (Fsp3) is 0.393. The van der Waals surface area contributed by atoms with Gasteiger partial charge in [0.05, 0.1) is 35.4 Å². The maximum Gasteiger partial charge on any atom is 0.141 e. The lowest BCUT2D eigenvalue weighted by Crippen LogP contribution is -2.44. The SMILES string of the molecule is COc1ccc2ncc(Cl)c([C@H](O)CCC3([C@@H](O)CC#Cc4ccc(F)cc4F)CCNCC3)c2c1. The number of nitrogens with one attached hydrogen (secondary N) is 1. The van der Waals surface area contributed by atoms with Crippen LogP contribution in [0.15, 0.2) is 42.6 Å². The van der Waals surface area contributed by atoms with Crippen molar-refractivity contribution in [1.82, 2.24) is 10.3 Å². The third-order valence-electron chi connectivity index (χ3n) is 7.07. The average Bonchev–Trinajstić information content (AvgIpc) is 2.88. The van der Waals surface area contributed by atoms with Crippen LogP contribution in [0.2, 0.25) is 5.02 Å². The van der Waals surface area contributed by atoms with Crippen molar-refractivity contribution in [2.75, 3.05) is 20.2 Å². The second kappa shape index (κ2) is 11.5. The molecule has 2 atom stereocenters. The fourth-order valence-corrected chi connectivity index (χ4v) is 5.20. The highest BCUT2D eigenvalue weighted by Crippen LogP contribution is 2.42. The number of hydrogen-bond donors (Lipinski definition) is 3. The largest absolute Gasteiger partial charge is 0.497 e. The predicted molar refractivity (Wildman–Crippen MR) is 136 cm³/mol. The second-order valence-corrected chi connectivity index (χ2v) is 9.62. The van der Waals surface area contributed by atoms with Crippen molar-refractivity contribution in [3.8, 4) is 17.6 Å². The molecule has 0 bridgehead atoms. The molecule has 1 aromatic heterocycles. The Morgan fingerprint density at radius 3 is 2.67 bits per heavy atom. The minimum atomic E-state index is -0.867. The minimum Gasteiger partial charge on any atom is -0.497 e. The molecule has 0 radical (unpaired) electrons. The number of pyridine rings is 1. The van der Waals surface area contributed by atoms with E-state index in [9.17, 15) is 19.0 Å². The summed E-state index contributed by atoms with van der Waals surface area (Å²) >= 11 is 6.47. The van der Waals surface area contributed by atoms with Gasteiger partial charge in [0.25, 0.3) is 0 Å². The molecule has 4 rings (SSSR count). The van der Waals surface area contributed by atoms with Crippen molar-refractivity contribution >= 4 is 22.5 Å². The van der Waals surface area contributed by atoms with E-state index in [1.54, 1.807) is 13.2 Å². The Morgan fingerprint density at radius 2 is 1.94 bits per heavy atom. The van der Waals surface area contributed by atoms with Crippen LogP contribution in [0.25, 0.3) is 10.9 Å². The maximum absolute atomic E-state index is 13.9. The number of benzene rings is 2. The standard InChI is InChI=1S/C28H29ClF2N2O3/c1-36-20-7-8-24-21(16-20)27(22(29)17-33-24)25(34)9-10-28(11-13-32-14-12-28)26(35)4-2-3-18-5-6-19(30)15-23(18)31/h5-8,15-17,25-26,32,34-35H,4,9-14H2,1H3/t25-,26+/m1/s1. The first-order valence-corrected chi connectivity index (χ1v) is 12.3. The number of piperidine rings is 1. The first-order chi connectivity index (χ1) is 17.3. The number of aliphatic hydroxyl groups is 2. The molecule has 1 fully saturated rings. The Bertz CT molecular complexity index is 1290. The van der Waals surface area contributed by atoms with Crippen LogP contribution < -0.4 is 10.1 Å². The molecule has 0 aliphatic carbocycles. The van der Waals surface area contributed by atoms with Crippen LogP contribution in [0.5, 0.6) is 5.75 Å². The number of fused-ring (bicyclic) bond motifs is 1. The van der Waals surface area contributed by atoms with Gasteiger partial charge < -0.3 is 20.3 Å². The number of rotatable bonds is 7. The van der Waals surface area contributed by atoms with Gasteiger partial charge in [-0.3, -0.25) is 4.98 Å². The smallest absolute Gasteiger partial charge is 0.141 e. The molecule has 1 aliphatic heterocycles. The van der Waals surface area contributed by atoms with E-state index in [1.165, 1.54) is 12.3 Å². The van der Waals surface area contributed by atoms with Gasteiger partial charge >= 0.3 is 0 Å². The summed E-state index contributed by atoms with van der Waals surface area (Å²) in [6.45, 7) is 1.48. The number of methoxy groups -OCH3 is 1. The van der Waals surface area contributed by atoms with Crippen LogP contribution in [0.1, 0.15) is 49.3 Å². The summed E-state index contributed by atoms with van der Waals surface area (Å²) in [6.07, 6.45) is 2.40. The summed E-state index contributed by atoms with van der Waals surface area (Å²) in [6, 6.07) is 8.67. The minimum absolute atomic E-state index is 0.0908. The summed E-state index contributed by atoms with van der Waals surface area (Å²) in [5.41, 5.74) is 0.919. The highest BCUT2D eigenvalue weighted by atomic mass is 35.5. The van der Waals surface area contributed by atoms with Crippen LogP contribution in [0, 0.1) is 28.9 Å². The fourth-order valence-electron chi connectivity index (χ4n) is 4.93. The van der Waals surface area contributed by atoms with Gasteiger partial charge in [0.15, 0.2) is 0 Å². The first-order valence-electron chi connectivity index (χ1n) is 12.0. The zero-order valence-electron chi connectivity index (χ0n) is 20.0. The molecule has 3 N–H and O–H groups in total. The third-order valence-corrected chi connectivity index (χ3v) is 7.37. The van der Waals surface area contributed by atoms with Crippen LogP contribution in [0.4, 0.5) is 8.78 Å². The molecule has 8 heteroatoms. The van der Waals surface area contributed by atoms with Crippen LogP contribution in [-0.4, -0.2) is 41.5 Å². The summed E-state index contributed by atoms with van der Waals surface area (Å²) in [5.74, 6) is 4.82. The van der Waals surface area contributed by atoms with Gasteiger partial charge in [-0.1, -0.05) is 23.4 Å². The van der Waals surface area contributed by atoms with Gasteiger partial charge in [-0.05, 0) is 74.5 Å². The molecule has 3 aromatic rings. The molecule has 0 spiro atoms. The number of ether oxygens (including phenoxy) is 1. The zero-order chi connectivity index (χ0) is 25.7. The van der Waals surface area contributed by atoms with Crippen molar-refractivity contribution in [3.05, 3.63) is 70.4 Å². The molecule has 5 nitrogen and oxygen atoms in total. The van der Waals surface area contributed by atoms with Crippen LogP contribution in [-0.2, 0) is 0 Å². The summed E-state index contributed by atoms with van der Waals surface area (Å²) < 4.78 is 32.4. The predicted octanol–water partition coefficient (Wildman–Crippen LogP) is 5.16. The molecule has 0 amide bonds. The van der Waals surface area contributed by atoms with Crippen molar-refractivity contribution in [2.45, 2.75) is 44.3 Å². The van der Waals surface area contributed by atoms with Gasteiger partial charge in [-0.25, -0.2) is 8.78 Å². The maximum atomic E-state index is 13.9. The van der Waals surface area contributed by atoms with E-state index < -0.39 is 29.3 Å². The van der Waals surface area contributed by atoms with Crippen LogP contribution in [0.3, 0.4) is 0 Å². The number of halogens is 3. The lowest BCUT2D eigenvalue weighted by Gasteiger charge is -2.41. The number of hydrogen-bond acceptors (Lipinski definition) is 5. The molecule has 190 valence electrons. The van der Waals surface area contributed by atoms with E-state index in [0.29, 0.717) is 47.5 Å². The van der Waals surface area contributed by atoms with Gasteiger partial charge in [0.1, 0.15) is 17.4 Å². The summed E-state index contributed by atoms with van der Waals surface area (Å²) in [4.78, 5) is 4.35. The second-order valence-electron chi connectivity index (χ2n) is 9.22. The van der Waals surface area contributed by atoms with Crippen molar-refractivity contribution in [2.24, 2.45) is 5.41 Å². The molecular weight excluding hydrogens is 486 g/mol. The Balaban J connectivity index is 1.52. The van der Waals surface area contributed by atoms with Crippen LogP contribution >= 0.6 is 11.6 Å². The van der Waals surface area contributed by atoms with Gasteiger partial charge in [-0.2, -0.15) is 0 Å². The molecular formula is C28H29ClF2N2O3. The van der Waals surface area contributed by atoms with E-state index in [-0.39, 0.29) is 12.0 Å². The van der Waals surface area contributed by atoms with Gasteiger partial charge in [0, 0.05) is 29.6 Å². The van der Waals surface area contributed by atoms with Crippen molar-refractivity contribution < 1.29 is 23.7 Å². The molecule has 36 heavy (non-hydrogen) atoms. The van der Waals surface area contributed by atoms with E-state index in [0.717, 1.165) is 30.6 Å². The molecule has 1 saturated heterocycles. The van der Waals surface area contributed by atoms with E-state index in [4.69, 9.17) is 16.3 Å². The summed E-state index contributed by atoms with van der Waals surface area (Å²) in [5, 5.41) is 26.8. The number of aromatic nitrogens is 1. The van der Waals surface area contributed by atoms with E-state index >= 15 is 0 Å². The van der Waals surface area contributed by atoms with Gasteiger partial charge in [0.2, 0.25) is 0 Å². The van der Waals surface area contributed by atoms with E-state index in [1.807, 2.05) is 12.1 Å². The zero-order valence-corrected chi connectivity index (χ0v) is 20.8. The summed E-state index contributed by atoms with van der Waals surface area (Å²) in [7, 11) is 1.57. The molecule has 1 aliphatic rings. The number of nitrogens with zero attached hydrogens (tertiary/aromatic N) is 1. The monoisotopic (exact) mass is 514 g/mol. The normalized spacial score (nSPS) is 16.7. The first kappa shape index (κ1) is 26.3. The Labute approximate surface area is 214 Å². The molecule has 2 aromatic carbocycles. The molecule has 2 heterocycles. The topological polar surface area (TPSA) is 74.6 Å².